The number of nitrogens with zero attached hydrogens (tertiary/aromatic N) is 2. The van der Waals surface area contributed by atoms with Crippen molar-refractivity contribution in [2.45, 2.75) is 46.2 Å². The molecule has 102 valence electrons. The first-order chi connectivity index (χ1) is 8.52. The molecule has 1 amide bonds. The highest BCUT2D eigenvalue weighted by molar-refractivity contribution is 5.76. The molecule has 5 heteroatoms. The van der Waals surface area contributed by atoms with Gasteiger partial charge in [0.1, 0.15) is 0 Å². The van der Waals surface area contributed by atoms with E-state index >= 15 is 0 Å². The number of hydrogen-bond acceptors (Lipinski definition) is 3. The van der Waals surface area contributed by atoms with Crippen molar-refractivity contribution in [2.75, 3.05) is 6.54 Å². The van der Waals surface area contributed by atoms with Crippen LogP contribution in [0.3, 0.4) is 0 Å². The summed E-state index contributed by atoms with van der Waals surface area (Å²) in [6.07, 6.45) is 3.49. The lowest BCUT2D eigenvalue weighted by Gasteiger charge is -2.11. The summed E-state index contributed by atoms with van der Waals surface area (Å²) in [5.74, 6) is 0.111. The molecule has 1 unspecified atom stereocenters. The van der Waals surface area contributed by atoms with E-state index in [0.717, 1.165) is 18.7 Å². The third-order valence-corrected chi connectivity index (χ3v) is 2.98. The fourth-order valence-corrected chi connectivity index (χ4v) is 1.70. The molecule has 5 nitrogen and oxygen atoms in total. The smallest absolute Gasteiger partial charge is 0.221 e. The van der Waals surface area contributed by atoms with Gasteiger partial charge in [-0.15, -0.1) is 0 Å². The van der Waals surface area contributed by atoms with Crippen molar-refractivity contribution in [2.24, 2.45) is 7.05 Å². The van der Waals surface area contributed by atoms with Gasteiger partial charge in [-0.25, -0.2) is 0 Å². The van der Waals surface area contributed by atoms with Gasteiger partial charge in [0.25, 0.3) is 0 Å². The molecule has 0 radical (unpaired) electrons. The van der Waals surface area contributed by atoms with Crippen LogP contribution in [-0.4, -0.2) is 28.3 Å². The fourth-order valence-electron chi connectivity index (χ4n) is 1.70. The first-order valence-electron chi connectivity index (χ1n) is 6.52. The van der Waals surface area contributed by atoms with Crippen molar-refractivity contribution in [1.82, 2.24) is 20.4 Å². The predicted molar refractivity (Wildman–Crippen MR) is 72.2 cm³/mol. The molecule has 0 aliphatic rings. The zero-order valence-electron chi connectivity index (χ0n) is 11.8. The highest BCUT2D eigenvalue weighted by Gasteiger charge is 2.06. The van der Waals surface area contributed by atoms with E-state index in [0.29, 0.717) is 13.0 Å². The Morgan fingerprint density at radius 1 is 1.56 bits per heavy atom. The average molecular weight is 252 g/mol. The molecule has 0 saturated carbocycles. The molecule has 1 aromatic rings. The van der Waals surface area contributed by atoms with Gasteiger partial charge in [0.15, 0.2) is 0 Å². The number of carbonyl (C=O) groups excluding carboxylic acids is 1. The Bertz CT molecular complexity index is 386. The maximum absolute atomic E-state index is 11.5. The van der Waals surface area contributed by atoms with E-state index in [-0.39, 0.29) is 11.9 Å². The molecule has 1 rings (SSSR count). The molecular formula is C13H24N4O. The van der Waals surface area contributed by atoms with Crippen LogP contribution in [0.5, 0.6) is 0 Å². The van der Waals surface area contributed by atoms with Crippen LogP contribution in [0.2, 0.25) is 0 Å². The Balaban J connectivity index is 2.19. The molecule has 0 aliphatic carbocycles. The summed E-state index contributed by atoms with van der Waals surface area (Å²) in [6, 6.07) is 0.262. The third kappa shape index (κ3) is 4.87. The van der Waals surface area contributed by atoms with Gasteiger partial charge in [-0.1, -0.05) is 6.92 Å². The van der Waals surface area contributed by atoms with Gasteiger partial charge < -0.3 is 10.6 Å². The normalized spacial score (nSPS) is 12.4. The van der Waals surface area contributed by atoms with Crippen LogP contribution >= 0.6 is 0 Å². The third-order valence-electron chi connectivity index (χ3n) is 2.98. The highest BCUT2D eigenvalue weighted by atomic mass is 16.1. The largest absolute Gasteiger partial charge is 0.354 e. The zero-order valence-corrected chi connectivity index (χ0v) is 11.8. The quantitative estimate of drug-likeness (QED) is 0.715. The van der Waals surface area contributed by atoms with Crippen molar-refractivity contribution >= 4 is 5.91 Å². The standard InChI is InChI=1S/C13H24N4O/c1-5-10(2)15-13(18)6-7-14-8-12-9-17(4)16-11(12)3/h9-10,14H,5-8H2,1-4H3,(H,15,18). The molecule has 18 heavy (non-hydrogen) atoms. The second kappa shape index (κ2) is 7.16. The van der Waals surface area contributed by atoms with Gasteiger partial charge in [0, 0.05) is 44.4 Å². The molecule has 0 bridgehead atoms. The number of aryl methyl sites for hydroxylation is 2. The lowest BCUT2D eigenvalue weighted by atomic mass is 10.2. The highest BCUT2D eigenvalue weighted by Crippen LogP contribution is 2.03. The average Bonchev–Trinajstić information content (AvgIpc) is 2.63. The van der Waals surface area contributed by atoms with Crippen LogP contribution in [0.15, 0.2) is 6.20 Å². The van der Waals surface area contributed by atoms with Gasteiger partial charge in [0.05, 0.1) is 5.69 Å². The number of amides is 1. The van der Waals surface area contributed by atoms with E-state index in [9.17, 15) is 4.79 Å². The van der Waals surface area contributed by atoms with Crippen LogP contribution in [0, 0.1) is 6.92 Å². The van der Waals surface area contributed by atoms with Crippen LogP contribution in [0.4, 0.5) is 0 Å². The maximum atomic E-state index is 11.5. The monoisotopic (exact) mass is 252 g/mol. The van der Waals surface area contributed by atoms with Gasteiger partial charge in [0.2, 0.25) is 5.91 Å². The van der Waals surface area contributed by atoms with E-state index < -0.39 is 0 Å². The van der Waals surface area contributed by atoms with Gasteiger partial charge in [-0.2, -0.15) is 5.10 Å². The van der Waals surface area contributed by atoms with Crippen molar-refractivity contribution in [3.63, 3.8) is 0 Å². The SMILES string of the molecule is CCC(C)NC(=O)CCNCc1cn(C)nc1C. The molecule has 2 N–H and O–H groups in total. The molecule has 0 aromatic carbocycles. The lowest BCUT2D eigenvalue weighted by Crippen LogP contribution is -2.33. The molecule has 0 saturated heterocycles. The van der Waals surface area contributed by atoms with Crippen molar-refractivity contribution in [3.8, 4) is 0 Å². The summed E-state index contributed by atoms with van der Waals surface area (Å²) in [4.78, 5) is 11.5. The van der Waals surface area contributed by atoms with Gasteiger partial charge >= 0.3 is 0 Å². The van der Waals surface area contributed by atoms with Crippen LogP contribution in [0.1, 0.15) is 37.9 Å². The van der Waals surface area contributed by atoms with E-state index in [1.807, 2.05) is 31.8 Å². The van der Waals surface area contributed by atoms with Gasteiger partial charge in [-0.3, -0.25) is 9.48 Å². The lowest BCUT2D eigenvalue weighted by molar-refractivity contribution is -0.121. The molecule has 1 aromatic heterocycles. The Morgan fingerprint density at radius 2 is 2.28 bits per heavy atom. The van der Waals surface area contributed by atoms with E-state index in [1.165, 1.54) is 5.56 Å². The summed E-state index contributed by atoms with van der Waals surface area (Å²) < 4.78 is 1.81. The summed E-state index contributed by atoms with van der Waals surface area (Å²) in [5, 5.41) is 10.5. The predicted octanol–water partition coefficient (Wildman–Crippen LogP) is 1.12. The first kappa shape index (κ1) is 14.7. The Morgan fingerprint density at radius 3 is 2.83 bits per heavy atom. The molecule has 0 fully saturated rings. The van der Waals surface area contributed by atoms with Crippen LogP contribution in [-0.2, 0) is 18.4 Å². The second-order valence-corrected chi connectivity index (χ2v) is 4.72. The molecule has 1 atom stereocenters. The second-order valence-electron chi connectivity index (χ2n) is 4.72. The number of hydrogen-bond donors (Lipinski definition) is 2. The fraction of sp³-hybridized carbons (Fsp3) is 0.692. The maximum Gasteiger partial charge on any atom is 0.221 e. The van der Waals surface area contributed by atoms with E-state index in [2.05, 4.69) is 22.7 Å². The Kier molecular flexibility index (Phi) is 5.85. The van der Waals surface area contributed by atoms with Crippen LogP contribution < -0.4 is 10.6 Å². The number of aromatic nitrogens is 2. The number of carbonyl (C=O) groups is 1. The van der Waals surface area contributed by atoms with Crippen molar-refractivity contribution in [1.29, 1.82) is 0 Å². The molecule has 0 aliphatic heterocycles. The summed E-state index contributed by atoms with van der Waals surface area (Å²) in [5.41, 5.74) is 2.22. The molecule has 0 spiro atoms. The van der Waals surface area contributed by atoms with E-state index in [1.54, 1.807) is 0 Å². The molecular weight excluding hydrogens is 228 g/mol. The Hall–Kier alpha value is -1.36. The Labute approximate surface area is 109 Å². The summed E-state index contributed by atoms with van der Waals surface area (Å²) >= 11 is 0. The van der Waals surface area contributed by atoms with Crippen molar-refractivity contribution < 1.29 is 4.79 Å². The summed E-state index contributed by atoms with van der Waals surface area (Å²) in [7, 11) is 1.91. The van der Waals surface area contributed by atoms with Crippen molar-refractivity contribution in [3.05, 3.63) is 17.5 Å². The zero-order chi connectivity index (χ0) is 13.5. The molecule has 1 heterocycles. The van der Waals surface area contributed by atoms with Gasteiger partial charge in [-0.05, 0) is 20.3 Å². The minimum absolute atomic E-state index is 0.111. The first-order valence-corrected chi connectivity index (χ1v) is 6.52. The number of rotatable bonds is 7. The minimum atomic E-state index is 0.111. The topological polar surface area (TPSA) is 59.0 Å². The number of nitrogens with one attached hydrogen (secondary N) is 2. The van der Waals surface area contributed by atoms with E-state index in [4.69, 9.17) is 0 Å². The minimum Gasteiger partial charge on any atom is -0.354 e. The van der Waals surface area contributed by atoms with Crippen LogP contribution in [0.25, 0.3) is 0 Å². The summed E-state index contributed by atoms with van der Waals surface area (Å²) in [6.45, 7) is 7.53.